The molecule has 6 nitrogen and oxygen atoms in total. The van der Waals surface area contributed by atoms with Crippen LogP contribution < -0.4 is 0 Å². The average molecular weight is 418 g/mol. The fourth-order valence-electron chi connectivity index (χ4n) is 3.13. The van der Waals surface area contributed by atoms with Crippen molar-refractivity contribution >= 4 is 18.0 Å². The Hall–Kier alpha value is -3.67. The van der Waals surface area contributed by atoms with Crippen LogP contribution >= 0.6 is 0 Å². The first-order chi connectivity index (χ1) is 14.8. The molecule has 160 valence electrons. The van der Waals surface area contributed by atoms with Crippen LogP contribution in [0.15, 0.2) is 66.9 Å². The molecule has 1 atom stereocenters. The van der Waals surface area contributed by atoms with E-state index in [2.05, 4.69) is 0 Å². The van der Waals surface area contributed by atoms with E-state index < -0.39 is 12.1 Å². The van der Waals surface area contributed by atoms with Gasteiger partial charge in [0.05, 0.1) is 12.2 Å². The summed E-state index contributed by atoms with van der Waals surface area (Å²) >= 11 is 0. The first kappa shape index (κ1) is 22.0. The molecule has 0 unspecified atom stereocenters. The topological polar surface area (TPSA) is 64.4 Å². The zero-order chi connectivity index (χ0) is 22.4. The highest BCUT2D eigenvalue weighted by Crippen LogP contribution is 2.24. The van der Waals surface area contributed by atoms with Crippen LogP contribution in [0.2, 0.25) is 0 Å². The number of carbonyl (C=O) groups is 2. The van der Waals surface area contributed by atoms with Crippen molar-refractivity contribution in [3.63, 3.8) is 0 Å². The SMILES string of the molecule is Cc1ccc(-c2nn(Cc3ccccc3)cc2/C=C/C(=O)O[C@H](C)C(=O)N(C)C)cc1. The Morgan fingerprint density at radius 2 is 1.77 bits per heavy atom. The van der Waals surface area contributed by atoms with Gasteiger partial charge in [0.15, 0.2) is 6.10 Å². The highest BCUT2D eigenvalue weighted by Gasteiger charge is 2.18. The predicted molar refractivity (Wildman–Crippen MR) is 121 cm³/mol. The van der Waals surface area contributed by atoms with E-state index in [4.69, 9.17) is 9.84 Å². The van der Waals surface area contributed by atoms with Gasteiger partial charge < -0.3 is 9.64 Å². The molecule has 0 bridgehead atoms. The fraction of sp³-hybridized carbons (Fsp3) is 0.240. The van der Waals surface area contributed by atoms with Gasteiger partial charge in [0.1, 0.15) is 0 Å². The average Bonchev–Trinajstić information content (AvgIpc) is 3.15. The minimum absolute atomic E-state index is 0.266. The Morgan fingerprint density at radius 1 is 1.10 bits per heavy atom. The lowest BCUT2D eigenvalue weighted by Gasteiger charge is -2.16. The molecule has 31 heavy (non-hydrogen) atoms. The van der Waals surface area contributed by atoms with Crippen LogP contribution in [-0.4, -0.2) is 46.8 Å². The summed E-state index contributed by atoms with van der Waals surface area (Å²) in [6, 6.07) is 18.1. The number of benzene rings is 2. The lowest BCUT2D eigenvalue weighted by Crippen LogP contribution is -2.34. The summed E-state index contributed by atoms with van der Waals surface area (Å²) in [5.41, 5.74) is 4.82. The van der Waals surface area contributed by atoms with E-state index in [1.54, 1.807) is 27.1 Å². The molecular formula is C25H27N3O3. The number of hydrogen-bond acceptors (Lipinski definition) is 4. The van der Waals surface area contributed by atoms with Crippen molar-refractivity contribution in [2.75, 3.05) is 14.1 Å². The molecule has 0 fully saturated rings. The number of nitrogens with zero attached hydrogens (tertiary/aromatic N) is 3. The van der Waals surface area contributed by atoms with Gasteiger partial charge >= 0.3 is 5.97 Å². The van der Waals surface area contributed by atoms with Crippen LogP contribution in [0.25, 0.3) is 17.3 Å². The van der Waals surface area contributed by atoms with Crippen molar-refractivity contribution in [1.29, 1.82) is 0 Å². The molecule has 0 N–H and O–H groups in total. The quantitative estimate of drug-likeness (QED) is 0.431. The van der Waals surface area contributed by atoms with Crippen LogP contribution in [0, 0.1) is 6.92 Å². The molecule has 3 rings (SSSR count). The highest BCUT2D eigenvalue weighted by atomic mass is 16.5. The molecule has 0 spiro atoms. The summed E-state index contributed by atoms with van der Waals surface area (Å²) in [5.74, 6) is -0.842. The maximum Gasteiger partial charge on any atom is 0.331 e. The molecule has 3 aromatic rings. The van der Waals surface area contributed by atoms with Crippen LogP contribution in [-0.2, 0) is 20.9 Å². The maximum absolute atomic E-state index is 12.2. The van der Waals surface area contributed by atoms with Crippen molar-refractivity contribution in [2.24, 2.45) is 0 Å². The molecule has 0 saturated heterocycles. The van der Waals surface area contributed by atoms with Crippen molar-refractivity contribution < 1.29 is 14.3 Å². The van der Waals surface area contributed by atoms with Crippen LogP contribution in [0.4, 0.5) is 0 Å². The minimum Gasteiger partial charge on any atom is -0.449 e. The summed E-state index contributed by atoms with van der Waals surface area (Å²) < 4.78 is 7.07. The largest absolute Gasteiger partial charge is 0.449 e. The second-order valence-electron chi connectivity index (χ2n) is 7.63. The van der Waals surface area contributed by atoms with E-state index in [9.17, 15) is 9.59 Å². The van der Waals surface area contributed by atoms with E-state index in [0.29, 0.717) is 6.54 Å². The molecule has 6 heteroatoms. The van der Waals surface area contributed by atoms with Gasteiger partial charge in [-0.25, -0.2) is 4.79 Å². The molecule has 1 heterocycles. The molecule has 0 saturated carbocycles. The second kappa shape index (κ2) is 9.89. The number of esters is 1. The Kier molecular flexibility index (Phi) is 7.03. The van der Waals surface area contributed by atoms with Gasteiger partial charge in [0, 0.05) is 37.5 Å². The minimum atomic E-state index is -0.843. The summed E-state index contributed by atoms with van der Waals surface area (Å²) in [4.78, 5) is 25.5. The van der Waals surface area contributed by atoms with E-state index in [1.807, 2.05) is 72.4 Å². The van der Waals surface area contributed by atoms with Gasteiger partial charge in [-0.3, -0.25) is 9.48 Å². The van der Waals surface area contributed by atoms with Gasteiger partial charge in [0.2, 0.25) is 0 Å². The zero-order valence-corrected chi connectivity index (χ0v) is 18.3. The Labute approximate surface area is 182 Å². The van der Waals surface area contributed by atoms with Gasteiger partial charge in [0.25, 0.3) is 5.91 Å². The zero-order valence-electron chi connectivity index (χ0n) is 18.3. The van der Waals surface area contributed by atoms with Crippen molar-refractivity contribution in [3.05, 3.63) is 83.6 Å². The van der Waals surface area contributed by atoms with E-state index in [0.717, 1.165) is 27.9 Å². The van der Waals surface area contributed by atoms with Crippen molar-refractivity contribution in [2.45, 2.75) is 26.5 Å². The number of likely N-dealkylation sites (N-methyl/N-ethyl adjacent to an activating group) is 1. The number of ether oxygens (including phenoxy) is 1. The second-order valence-corrected chi connectivity index (χ2v) is 7.63. The van der Waals surface area contributed by atoms with E-state index >= 15 is 0 Å². The molecule has 1 amide bonds. The monoisotopic (exact) mass is 417 g/mol. The van der Waals surface area contributed by atoms with Gasteiger partial charge in [-0.1, -0.05) is 60.2 Å². The first-order valence-corrected chi connectivity index (χ1v) is 10.1. The molecule has 2 aromatic carbocycles. The third-order valence-electron chi connectivity index (χ3n) is 4.78. The third kappa shape index (κ3) is 5.92. The summed E-state index contributed by atoms with van der Waals surface area (Å²) in [7, 11) is 3.25. The lowest BCUT2D eigenvalue weighted by atomic mass is 10.1. The smallest absolute Gasteiger partial charge is 0.331 e. The summed E-state index contributed by atoms with van der Waals surface area (Å²) in [6.07, 6.45) is 4.07. The van der Waals surface area contributed by atoms with Gasteiger partial charge in [-0.2, -0.15) is 5.10 Å². The normalized spacial score (nSPS) is 12.0. The number of carbonyl (C=O) groups excluding carboxylic acids is 2. The van der Waals surface area contributed by atoms with Crippen molar-refractivity contribution in [3.8, 4) is 11.3 Å². The number of amides is 1. The number of rotatable bonds is 7. The van der Waals surface area contributed by atoms with E-state index in [1.165, 1.54) is 11.0 Å². The third-order valence-corrected chi connectivity index (χ3v) is 4.78. The molecule has 0 aliphatic carbocycles. The molecular weight excluding hydrogens is 390 g/mol. The van der Waals surface area contributed by atoms with Crippen molar-refractivity contribution in [1.82, 2.24) is 14.7 Å². The highest BCUT2D eigenvalue weighted by molar-refractivity contribution is 5.91. The molecule has 0 aliphatic heterocycles. The number of hydrogen-bond donors (Lipinski definition) is 0. The summed E-state index contributed by atoms with van der Waals surface area (Å²) in [6.45, 7) is 4.21. The predicted octanol–water partition coefficient (Wildman–Crippen LogP) is 3.94. The first-order valence-electron chi connectivity index (χ1n) is 10.1. The molecule has 1 aromatic heterocycles. The lowest BCUT2D eigenvalue weighted by molar-refractivity contribution is -0.153. The molecule has 0 radical (unpaired) electrons. The number of aryl methyl sites for hydroxylation is 1. The van der Waals surface area contributed by atoms with Crippen LogP contribution in [0.1, 0.15) is 23.6 Å². The Morgan fingerprint density at radius 3 is 2.42 bits per heavy atom. The fourth-order valence-corrected chi connectivity index (χ4v) is 3.13. The molecule has 0 aliphatic rings. The number of aromatic nitrogens is 2. The Balaban J connectivity index is 1.84. The maximum atomic E-state index is 12.2. The van der Waals surface area contributed by atoms with Crippen LogP contribution in [0.5, 0.6) is 0 Å². The summed E-state index contributed by atoms with van der Waals surface area (Å²) in [5, 5.41) is 4.75. The Bertz CT molecular complexity index is 1070. The standard InChI is InChI=1S/C25H27N3O3/c1-18-10-12-21(13-11-18)24-22(14-15-23(29)31-19(2)25(30)27(3)4)17-28(26-24)16-20-8-6-5-7-9-20/h5-15,17,19H,16H2,1-4H3/b15-14+/t19-/m1/s1. The van der Waals surface area contributed by atoms with Crippen LogP contribution in [0.3, 0.4) is 0 Å². The van der Waals surface area contributed by atoms with Gasteiger partial charge in [-0.05, 0) is 25.5 Å². The van der Waals surface area contributed by atoms with Gasteiger partial charge in [-0.15, -0.1) is 0 Å². The van der Waals surface area contributed by atoms with E-state index in [-0.39, 0.29) is 5.91 Å².